The van der Waals surface area contributed by atoms with Crippen LogP contribution in [0.25, 0.3) is 0 Å². The molecule has 16 heavy (non-hydrogen) atoms. The maximum Gasteiger partial charge on any atom is 0.136 e. The molecule has 1 aromatic rings. The minimum absolute atomic E-state index is 0.0564. The molecule has 2 rings (SSSR count). The van der Waals surface area contributed by atoms with Crippen LogP contribution in [-0.2, 0) is 9.78 Å². The summed E-state index contributed by atoms with van der Waals surface area (Å²) in [6.45, 7) is 2.18. The van der Waals surface area contributed by atoms with Crippen molar-refractivity contribution in [2.75, 3.05) is 0 Å². The van der Waals surface area contributed by atoms with Crippen molar-refractivity contribution in [1.29, 1.82) is 0 Å². The Balaban J connectivity index is 1.92. The van der Waals surface area contributed by atoms with Crippen LogP contribution >= 0.6 is 0 Å². The van der Waals surface area contributed by atoms with E-state index in [-0.39, 0.29) is 12.2 Å². The van der Waals surface area contributed by atoms with Crippen molar-refractivity contribution >= 4 is 0 Å². The molecule has 1 aliphatic heterocycles. The first-order valence-electron chi connectivity index (χ1n) is 5.95. The fourth-order valence-electron chi connectivity index (χ4n) is 1.78. The van der Waals surface area contributed by atoms with Crippen molar-refractivity contribution in [2.24, 2.45) is 0 Å². The van der Waals surface area contributed by atoms with E-state index in [0.717, 1.165) is 12.0 Å². The van der Waals surface area contributed by atoms with E-state index in [1.165, 1.54) is 12.8 Å². The average molecular weight is 218 g/mol. The minimum Gasteiger partial charge on any atom is -0.228 e. The van der Waals surface area contributed by atoms with Crippen molar-refractivity contribution in [3.05, 3.63) is 48.0 Å². The first-order valence-corrected chi connectivity index (χ1v) is 5.95. The summed E-state index contributed by atoms with van der Waals surface area (Å²) in [7, 11) is 0. The highest BCUT2D eigenvalue weighted by molar-refractivity contribution is 5.22. The van der Waals surface area contributed by atoms with Gasteiger partial charge in [0.05, 0.1) is 0 Å². The molecule has 2 heteroatoms. The summed E-state index contributed by atoms with van der Waals surface area (Å²) in [4.78, 5) is 10.7. The summed E-state index contributed by atoms with van der Waals surface area (Å²) < 4.78 is 0. The lowest BCUT2D eigenvalue weighted by molar-refractivity contribution is -0.343. The van der Waals surface area contributed by atoms with Crippen LogP contribution in [0.4, 0.5) is 0 Å². The lowest BCUT2D eigenvalue weighted by Crippen LogP contribution is -2.17. The van der Waals surface area contributed by atoms with Gasteiger partial charge in [0, 0.05) is 0 Å². The SMILES string of the molecule is CCCC[C@H]1C=C[C@@H](c2ccccc2)OO1. The Bertz CT molecular complexity index is 332. The van der Waals surface area contributed by atoms with Crippen molar-refractivity contribution < 1.29 is 9.78 Å². The summed E-state index contributed by atoms with van der Waals surface area (Å²) in [6, 6.07) is 10.1. The molecular weight excluding hydrogens is 200 g/mol. The summed E-state index contributed by atoms with van der Waals surface area (Å²) in [5.74, 6) is 0. The average Bonchev–Trinajstić information content (AvgIpc) is 2.38. The summed E-state index contributed by atoms with van der Waals surface area (Å²) in [5.41, 5.74) is 1.13. The van der Waals surface area contributed by atoms with Crippen LogP contribution in [0.2, 0.25) is 0 Å². The van der Waals surface area contributed by atoms with Crippen LogP contribution in [0.15, 0.2) is 42.5 Å². The molecule has 2 atom stereocenters. The first-order chi connectivity index (χ1) is 7.90. The first kappa shape index (κ1) is 11.4. The van der Waals surface area contributed by atoms with E-state index in [0.29, 0.717) is 0 Å². The number of hydrogen-bond donors (Lipinski definition) is 0. The zero-order valence-electron chi connectivity index (χ0n) is 9.63. The topological polar surface area (TPSA) is 18.5 Å². The number of unbranched alkanes of at least 4 members (excludes halogenated alkanes) is 1. The fraction of sp³-hybridized carbons (Fsp3) is 0.429. The number of rotatable bonds is 4. The summed E-state index contributed by atoms with van der Waals surface area (Å²) in [5, 5.41) is 0. The van der Waals surface area contributed by atoms with Gasteiger partial charge in [-0.2, -0.15) is 0 Å². The van der Waals surface area contributed by atoms with Crippen molar-refractivity contribution in [2.45, 2.75) is 38.4 Å². The molecule has 1 aromatic carbocycles. The van der Waals surface area contributed by atoms with Gasteiger partial charge in [0.1, 0.15) is 12.2 Å². The third-order valence-electron chi connectivity index (χ3n) is 2.75. The second-order valence-corrected chi connectivity index (χ2v) is 4.09. The molecule has 0 aromatic heterocycles. The molecule has 0 saturated carbocycles. The van der Waals surface area contributed by atoms with Gasteiger partial charge in [-0.1, -0.05) is 56.2 Å². The van der Waals surface area contributed by atoms with Crippen molar-refractivity contribution in [1.82, 2.24) is 0 Å². The Hall–Kier alpha value is -1.12. The smallest absolute Gasteiger partial charge is 0.136 e. The molecule has 0 spiro atoms. The third kappa shape index (κ3) is 2.94. The molecule has 1 aliphatic rings. The second-order valence-electron chi connectivity index (χ2n) is 4.09. The van der Waals surface area contributed by atoms with Gasteiger partial charge in [-0.3, -0.25) is 0 Å². The van der Waals surface area contributed by atoms with Crippen molar-refractivity contribution in [3.8, 4) is 0 Å². The molecule has 0 N–H and O–H groups in total. The molecule has 2 nitrogen and oxygen atoms in total. The van der Waals surface area contributed by atoms with E-state index in [4.69, 9.17) is 9.78 Å². The highest BCUT2D eigenvalue weighted by Gasteiger charge is 2.18. The summed E-state index contributed by atoms with van der Waals surface area (Å²) >= 11 is 0. The monoisotopic (exact) mass is 218 g/mol. The quantitative estimate of drug-likeness (QED) is 0.565. The molecule has 0 fully saturated rings. The van der Waals surface area contributed by atoms with E-state index >= 15 is 0 Å². The molecule has 86 valence electrons. The van der Waals surface area contributed by atoms with Gasteiger partial charge < -0.3 is 0 Å². The predicted molar refractivity (Wildman–Crippen MR) is 63.8 cm³/mol. The van der Waals surface area contributed by atoms with Gasteiger partial charge in [-0.15, -0.1) is 0 Å². The van der Waals surface area contributed by atoms with Crippen molar-refractivity contribution in [3.63, 3.8) is 0 Å². The fourth-order valence-corrected chi connectivity index (χ4v) is 1.78. The standard InChI is InChI=1S/C14H18O2/c1-2-3-9-13-10-11-14(16-15-13)12-7-5-4-6-8-12/h4-8,10-11,13-14H,2-3,9H2,1H3/t13-,14-/m0/s1. The van der Waals surface area contributed by atoms with E-state index < -0.39 is 0 Å². The maximum absolute atomic E-state index is 5.39. The Labute approximate surface area is 96.8 Å². The molecule has 1 heterocycles. The van der Waals surface area contributed by atoms with E-state index in [1.807, 2.05) is 30.3 Å². The lowest BCUT2D eigenvalue weighted by Gasteiger charge is -2.22. The van der Waals surface area contributed by atoms with Crippen LogP contribution in [0.5, 0.6) is 0 Å². The van der Waals surface area contributed by atoms with Gasteiger partial charge in [-0.05, 0) is 18.1 Å². The molecule has 0 amide bonds. The molecular formula is C14H18O2. The highest BCUT2D eigenvalue weighted by Crippen LogP contribution is 2.25. The molecule has 0 bridgehead atoms. The van der Waals surface area contributed by atoms with Gasteiger partial charge in [0.2, 0.25) is 0 Å². The molecule has 0 aliphatic carbocycles. The zero-order chi connectivity index (χ0) is 11.2. The number of benzene rings is 1. The Morgan fingerprint density at radius 1 is 1.06 bits per heavy atom. The normalized spacial score (nSPS) is 24.6. The second kappa shape index (κ2) is 5.83. The predicted octanol–water partition coefficient (Wildman–Crippen LogP) is 3.80. The largest absolute Gasteiger partial charge is 0.228 e. The third-order valence-corrected chi connectivity index (χ3v) is 2.75. The van der Waals surface area contributed by atoms with Crippen LogP contribution < -0.4 is 0 Å². The Kier molecular flexibility index (Phi) is 4.14. The molecule has 0 saturated heterocycles. The number of hydrogen-bond acceptors (Lipinski definition) is 2. The maximum atomic E-state index is 5.39. The lowest BCUT2D eigenvalue weighted by atomic mass is 10.1. The van der Waals surface area contributed by atoms with Crippen LogP contribution in [0.1, 0.15) is 37.9 Å². The summed E-state index contributed by atoms with van der Waals surface area (Å²) in [6.07, 6.45) is 7.66. The van der Waals surface area contributed by atoms with Crippen LogP contribution in [0.3, 0.4) is 0 Å². The van der Waals surface area contributed by atoms with E-state index in [1.54, 1.807) is 0 Å². The molecule has 0 radical (unpaired) electrons. The molecule has 0 unspecified atom stereocenters. The highest BCUT2D eigenvalue weighted by atomic mass is 17.2. The Morgan fingerprint density at radius 3 is 2.50 bits per heavy atom. The Morgan fingerprint density at radius 2 is 1.88 bits per heavy atom. The van der Waals surface area contributed by atoms with Gasteiger partial charge >= 0.3 is 0 Å². The van der Waals surface area contributed by atoms with E-state index in [9.17, 15) is 0 Å². The van der Waals surface area contributed by atoms with Gasteiger partial charge in [0.25, 0.3) is 0 Å². The van der Waals surface area contributed by atoms with Gasteiger partial charge in [0.15, 0.2) is 0 Å². The van der Waals surface area contributed by atoms with Gasteiger partial charge in [-0.25, -0.2) is 9.78 Å². The zero-order valence-corrected chi connectivity index (χ0v) is 9.63. The van der Waals surface area contributed by atoms with Crippen LogP contribution in [-0.4, -0.2) is 6.10 Å². The minimum atomic E-state index is -0.0564. The van der Waals surface area contributed by atoms with Crippen LogP contribution in [0, 0.1) is 0 Å². The van der Waals surface area contributed by atoms with E-state index in [2.05, 4.69) is 19.1 Å².